The van der Waals surface area contributed by atoms with Crippen molar-refractivity contribution in [3.8, 4) is 11.1 Å². The molecule has 0 amide bonds. The lowest BCUT2D eigenvalue weighted by molar-refractivity contribution is 0.768. The lowest BCUT2D eigenvalue weighted by atomic mass is 9.67. The maximum atomic E-state index is 2.42. The molecule has 46 heavy (non-hydrogen) atoms. The Morgan fingerprint density at radius 3 is 1.37 bits per heavy atom. The molecule has 0 bridgehead atoms. The van der Waals surface area contributed by atoms with Crippen molar-refractivity contribution in [2.75, 3.05) is 16.8 Å². The second-order valence-corrected chi connectivity index (χ2v) is 11.8. The van der Waals surface area contributed by atoms with E-state index in [-0.39, 0.29) is 0 Å². The quantitative estimate of drug-likeness (QED) is 0.182. The normalized spacial score (nSPS) is 12.6. The molecule has 8 rings (SSSR count). The van der Waals surface area contributed by atoms with Crippen LogP contribution in [0.25, 0.3) is 11.1 Å². The minimum Gasteiger partial charge on any atom is -0.345 e. The van der Waals surface area contributed by atoms with E-state index in [1.807, 2.05) is 0 Å². The van der Waals surface area contributed by atoms with Gasteiger partial charge in [-0.2, -0.15) is 0 Å². The van der Waals surface area contributed by atoms with E-state index in [9.17, 15) is 0 Å². The average molecular weight is 591 g/mol. The first-order valence-corrected chi connectivity index (χ1v) is 15.8. The van der Waals surface area contributed by atoms with Crippen molar-refractivity contribution in [1.29, 1.82) is 0 Å². The van der Waals surface area contributed by atoms with Crippen LogP contribution >= 0.6 is 0 Å². The molecule has 2 nitrogen and oxygen atoms in total. The zero-order valence-corrected chi connectivity index (χ0v) is 25.8. The second kappa shape index (κ2) is 11.6. The van der Waals surface area contributed by atoms with Gasteiger partial charge in [-0.25, -0.2) is 0 Å². The Balaban J connectivity index is 1.32. The average Bonchev–Trinajstić information content (AvgIpc) is 3.44. The van der Waals surface area contributed by atoms with E-state index in [0.29, 0.717) is 0 Å². The van der Waals surface area contributed by atoms with Crippen LogP contribution in [-0.2, 0) is 5.41 Å². The fraction of sp³-hybridized carbons (Fsp3) is 0.0455. The first-order chi connectivity index (χ1) is 22.7. The van der Waals surface area contributed by atoms with Crippen molar-refractivity contribution in [2.45, 2.75) is 5.41 Å². The number of para-hydroxylation sites is 2. The molecule has 7 aromatic carbocycles. The Hall–Kier alpha value is -5.86. The molecule has 0 spiro atoms. The number of hydrogen-bond donors (Lipinski definition) is 0. The van der Waals surface area contributed by atoms with Gasteiger partial charge < -0.3 is 9.80 Å². The number of benzene rings is 7. The van der Waals surface area contributed by atoms with Gasteiger partial charge in [0.2, 0.25) is 0 Å². The Morgan fingerprint density at radius 1 is 0.348 bits per heavy atom. The summed E-state index contributed by atoms with van der Waals surface area (Å²) in [6, 6.07) is 68.0. The van der Waals surface area contributed by atoms with Gasteiger partial charge in [0, 0.05) is 35.5 Å². The molecule has 7 aromatic rings. The fourth-order valence-electron chi connectivity index (χ4n) is 7.22. The molecule has 0 aliphatic heterocycles. The first kappa shape index (κ1) is 27.7. The van der Waals surface area contributed by atoms with Crippen LogP contribution in [0.2, 0.25) is 0 Å². The lowest BCUT2D eigenvalue weighted by Gasteiger charge is -2.35. The summed E-state index contributed by atoms with van der Waals surface area (Å²) >= 11 is 0. The number of rotatable bonds is 7. The SMILES string of the molecule is CN(c1ccccc1)c1ccc(N(c2ccccc2)c2ccc3c(c2)C(c2ccccc2)(c2ccccc2)c2ccccc2-3)cc1. The molecule has 1 aliphatic carbocycles. The molecule has 2 heteroatoms. The van der Waals surface area contributed by atoms with E-state index in [2.05, 4.69) is 205 Å². The van der Waals surface area contributed by atoms with Crippen molar-refractivity contribution < 1.29 is 0 Å². The summed E-state index contributed by atoms with van der Waals surface area (Å²) < 4.78 is 0. The smallest absolute Gasteiger partial charge is 0.0714 e. The predicted octanol–water partition coefficient (Wildman–Crippen LogP) is 11.3. The van der Waals surface area contributed by atoms with Crippen LogP contribution in [0.5, 0.6) is 0 Å². The zero-order chi connectivity index (χ0) is 30.9. The summed E-state index contributed by atoms with van der Waals surface area (Å²) in [7, 11) is 2.12. The highest BCUT2D eigenvalue weighted by Gasteiger charge is 2.46. The molecule has 1 aliphatic rings. The number of nitrogens with zero attached hydrogens (tertiary/aromatic N) is 2. The Bertz CT molecular complexity index is 2050. The molecule has 220 valence electrons. The lowest BCUT2D eigenvalue weighted by Crippen LogP contribution is -2.28. The van der Waals surface area contributed by atoms with Crippen LogP contribution < -0.4 is 9.80 Å². The first-order valence-electron chi connectivity index (χ1n) is 15.8. The zero-order valence-electron chi connectivity index (χ0n) is 25.8. The molecular weight excluding hydrogens is 556 g/mol. The largest absolute Gasteiger partial charge is 0.345 e. The van der Waals surface area contributed by atoms with Crippen LogP contribution in [0, 0.1) is 0 Å². The molecule has 0 fully saturated rings. The van der Waals surface area contributed by atoms with Gasteiger partial charge in [0.25, 0.3) is 0 Å². The van der Waals surface area contributed by atoms with Gasteiger partial charge in [-0.05, 0) is 94.0 Å². The van der Waals surface area contributed by atoms with Gasteiger partial charge >= 0.3 is 0 Å². The summed E-state index contributed by atoms with van der Waals surface area (Å²) in [5, 5.41) is 0. The molecule has 0 saturated heterocycles. The Morgan fingerprint density at radius 2 is 0.761 bits per heavy atom. The van der Waals surface area contributed by atoms with Crippen molar-refractivity contribution in [1.82, 2.24) is 0 Å². The van der Waals surface area contributed by atoms with Crippen molar-refractivity contribution in [2.24, 2.45) is 0 Å². The van der Waals surface area contributed by atoms with Gasteiger partial charge in [0.05, 0.1) is 5.41 Å². The molecular formula is C44H34N2. The molecule has 0 atom stereocenters. The second-order valence-electron chi connectivity index (χ2n) is 11.8. The highest BCUT2D eigenvalue weighted by Crippen LogP contribution is 2.57. The topological polar surface area (TPSA) is 6.48 Å². The summed E-state index contributed by atoms with van der Waals surface area (Å²) in [6.45, 7) is 0. The summed E-state index contributed by atoms with van der Waals surface area (Å²) in [4.78, 5) is 4.59. The van der Waals surface area contributed by atoms with Crippen LogP contribution in [0.3, 0.4) is 0 Å². The number of hydrogen-bond acceptors (Lipinski definition) is 2. The predicted molar refractivity (Wildman–Crippen MR) is 193 cm³/mol. The van der Waals surface area contributed by atoms with E-state index >= 15 is 0 Å². The van der Waals surface area contributed by atoms with Gasteiger partial charge in [-0.3, -0.25) is 0 Å². The third-order valence-corrected chi connectivity index (χ3v) is 9.35. The minimum absolute atomic E-state index is 0.449. The van der Waals surface area contributed by atoms with Crippen LogP contribution in [0.15, 0.2) is 188 Å². The molecule has 0 unspecified atom stereocenters. The fourth-order valence-corrected chi connectivity index (χ4v) is 7.22. The van der Waals surface area contributed by atoms with Gasteiger partial charge in [0.1, 0.15) is 0 Å². The number of fused-ring (bicyclic) bond motifs is 3. The standard InChI is InChI=1S/C44H34N2/c1-45(35-20-10-4-11-21-35)36-26-28-38(29-27-36)46(37-22-12-5-13-23-37)39-30-31-41-40-24-14-15-25-42(40)44(43(41)32-39,33-16-6-2-7-17-33)34-18-8-3-9-19-34/h2-32H,1H3. The van der Waals surface area contributed by atoms with Crippen molar-refractivity contribution in [3.63, 3.8) is 0 Å². The maximum Gasteiger partial charge on any atom is 0.0714 e. The van der Waals surface area contributed by atoms with Gasteiger partial charge in [-0.15, -0.1) is 0 Å². The highest BCUT2D eigenvalue weighted by atomic mass is 15.1. The van der Waals surface area contributed by atoms with E-state index in [1.54, 1.807) is 0 Å². The Labute approximate surface area is 271 Å². The van der Waals surface area contributed by atoms with Crippen molar-refractivity contribution in [3.05, 3.63) is 210 Å². The maximum absolute atomic E-state index is 2.42. The molecule has 0 radical (unpaired) electrons. The third kappa shape index (κ3) is 4.50. The van der Waals surface area contributed by atoms with E-state index < -0.39 is 5.41 Å². The monoisotopic (exact) mass is 590 g/mol. The summed E-state index contributed by atoms with van der Waals surface area (Å²) in [5.41, 5.74) is 12.9. The molecule has 0 N–H and O–H groups in total. The minimum atomic E-state index is -0.449. The summed E-state index contributed by atoms with van der Waals surface area (Å²) in [6.07, 6.45) is 0. The van der Waals surface area contributed by atoms with Crippen molar-refractivity contribution >= 4 is 28.4 Å². The van der Waals surface area contributed by atoms with Gasteiger partial charge in [0.15, 0.2) is 0 Å². The third-order valence-electron chi connectivity index (χ3n) is 9.35. The van der Waals surface area contributed by atoms with Crippen LogP contribution in [0.4, 0.5) is 28.4 Å². The summed E-state index contributed by atoms with van der Waals surface area (Å²) in [5.74, 6) is 0. The molecule has 0 heterocycles. The van der Waals surface area contributed by atoms with Crippen LogP contribution in [-0.4, -0.2) is 7.05 Å². The van der Waals surface area contributed by atoms with Gasteiger partial charge in [-0.1, -0.05) is 127 Å². The van der Waals surface area contributed by atoms with E-state index in [1.165, 1.54) is 33.4 Å². The molecule has 0 aromatic heterocycles. The van der Waals surface area contributed by atoms with Crippen LogP contribution in [0.1, 0.15) is 22.3 Å². The number of anilines is 5. The highest BCUT2D eigenvalue weighted by molar-refractivity contribution is 5.89. The Kier molecular flexibility index (Phi) is 6.96. The molecule has 0 saturated carbocycles. The van der Waals surface area contributed by atoms with E-state index in [4.69, 9.17) is 0 Å². The van der Waals surface area contributed by atoms with E-state index in [0.717, 1.165) is 28.4 Å².